The Morgan fingerprint density at radius 2 is 1.19 bits per heavy atom. The first-order valence-electron chi connectivity index (χ1n) is 13.2. The molecule has 0 unspecified atom stereocenters. The normalized spacial score (nSPS) is 34.5. The molecule has 0 amide bonds. The third-order valence-electron chi connectivity index (χ3n) is 8.72. The van der Waals surface area contributed by atoms with Gasteiger partial charge in [0.25, 0.3) is 0 Å². The molecule has 0 aliphatic heterocycles. The zero-order valence-corrected chi connectivity index (χ0v) is 20.1. The zero-order chi connectivity index (χ0) is 22.6. The highest BCUT2D eigenvalue weighted by atomic mass is 19.3. The van der Waals surface area contributed by atoms with Gasteiger partial charge in [0, 0.05) is 0 Å². The SMILES string of the molecule is Cc1ccc(OC(F)(F)C2CCC(C3CCC(/C=C/C4CCC(C)CC4)CC3)CC2)cc1. The van der Waals surface area contributed by atoms with E-state index in [-0.39, 0.29) is 5.75 Å². The van der Waals surface area contributed by atoms with Crippen LogP contribution in [0.25, 0.3) is 0 Å². The van der Waals surface area contributed by atoms with Crippen molar-refractivity contribution >= 4 is 0 Å². The Labute approximate surface area is 194 Å². The fraction of sp³-hybridized carbons (Fsp3) is 0.724. The second-order valence-corrected chi connectivity index (χ2v) is 11.2. The fourth-order valence-corrected chi connectivity index (χ4v) is 6.37. The Morgan fingerprint density at radius 3 is 1.72 bits per heavy atom. The molecule has 0 bridgehead atoms. The third kappa shape index (κ3) is 6.35. The highest BCUT2D eigenvalue weighted by molar-refractivity contribution is 5.26. The van der Waals surface area contributed by atoms with E-state index in [2.05, 4.69) is 19.1 Å². The number of rotatable bonds is 6. The molecule has 1 aromatic rings. The smallest absolute Gasteiger partial charge is 0.400 e. The van der Waals surface area contributed by atoms with Crippen LogP contribution in [0, 0.1) is 42.4 Å². The molecule has 3 aliphatic carbocycles. The van der Waals surface area contributed by atoms with E-state index >= 15 is 0 Å². The molecule has 1 aromatic carbocycles. The van der Waals surface area contributed by atoms with Gasteiger partial charge in [-0.1, -0.05) is 49.6 Å². The van der Waals surface area contributed by atoms with Gasteiger partial charge in [-0.15, -0.1) is 0 Å². The molecule has 0 saturated heterocycles. The molecule has 0 aromatic heterocycles. The van der Waals surface area contributed by atoms with E-state index in [1.807, 2.05) is 19.1 Å². The molecule has 1 nitrogen and oxygen atoms in total. The van der Waals surface area contributed by atoms with Gasteiger partial charge >= 0.3 is 6.11 Å². The van der Waals surface area contributed by atoms with Crippen molar-refractivity contribution in [3.05, 3.63) is 42.0 Å². The summed E-state index contributed by atoms with van der Waals surface area (Å²) in [5.74, 6) is 3.46. The maximum atomic E-state index is 14.7. The summed E-state index contributed by atoms with van der Waals surface area (Å²) in [7, 11) is 0. The van der Waals surface area contributed by atoms with Crippen LogP contribution in [0.4, 0.5) is 8.78 Å². The molecular weight excluding hydrogens is 402 g/mol. The van der Waals surface area contributed by atoms with E-state index in [1.165, 1.54) is 51.4 Å². The van der Waals surface area contributed by atoms with Gasteiger partial charge in [0.15, 0.2) is 0 Å². The van der Waals surface area contributed by atoms with E-state index in [0.717, 1.165) is 42.1 Å². The second kappa shape index (κ2) is 10.7. The summed E-state index contributed by atoms with van der Waals surface area (Å²) in [4.78, 5) is 0. The van der Waals surface area contributed by atoms with Crippen LogP contribution in [0.15, 0.2) is 36.4 Å². The minimum absolute atomic E-state index is 0.275. The monoisotopic (exact) mass is 444 g/mol. The van der Waals surface area contributed by atoms with Gasteiger partial charge in [0.1, 0.15) is 5.75 Å². The standard InChI is InChI=1S/C29H42F2O/c1-21-3-7-23(8-4-21)9-10-24-11-13-25(14-12-24)26-15-17-27(18-16-26)29(30,31)32-28-19-5-22(2)6-20-28/h5-6,9-10,19-21,23-27H,3-4,7-8,11-18H2,1-2H3/b10-9+. The first-order valence-corrected chi connectivity index (χ1v) is 13.2. The molecule has 3 aliphatic rings. The van der Waals surface area contributed by atoms with Crippen molar-refractivity contribution < 1.29 is 13.5 Å². The van der Waals surface area contributed by atoms with Gasteiger partial charge in [-0.05, 0) is 113 Å². The third-order valence-corrected chi connectivity index (χ3v) is 8.72. The molecule has 0 heterocycles. The predicted molar refractivity (Wildman–Crippen MR) is 128 cm³/mol. The number of benzene rings is 1. The lowest BCUT2D eigenvalue weighted by Crippen LogP contribution is -2.38. The van der Waals surface area contributed by atoms with Crippen LogP contribution in [0.1, 0.15) is 89.5 Å². The lowest BCUT2D eigenvalue weighted by molar-refractivity contribution is -0.224. The summed E-state index contributed by atoms with van der Waals surface area (Å²) in [6.45, 7) is 4.33. The number of ether oxygens (including phenoxy) is 1. The summed E-state index contributed by atoms with van der Waals surface area (Å²) in [6.07, 6.45) is 15.7. The molecule has 3 saturated carbocycles. The van der Waals surface area contributed by atoms with Crippen molar-refractivity contribution in [1.82, 2.24) is 0 Å². The van der Waals surface area contributed by atoms with Gasteiger partial charge in [-0.25, -0.2) is 0 Å². The van der Waals surface area contributed by atoms with Crippen molar-refractivity contribution in [2.24, 2.45) is 35.5 Å². The van der Waals surface area contributed by atoms with E-state index < -0.39 is 12.0 Å². The van der Waals surface area contributed by atoms with Crippen LogP contribution in [0.5, 0.6) is 5.75 Å². The largest absolute Gasteiger partial charge is 0.432 e. The quantitative estimate of drug-likeness (QED) is 0.398. The van der Waals surface area contributed by atoms with Crippen molar-refractivity contribution in [2.75, 3.05) is 0 Å². The van der Waals surface area contributed by atoms with Crippen molar-refractivity contribution in [2.45, 2.75) is 97.0 Å². The molecule has 0 atom stereocenters. The Bertz CT molecular complexity index is 716. The summed E-state index contributed by atoms with van der Waals surface area (Å²) < 4.78 is 34.6. The first kappa shape index (κ1) is 23.8. The van der Waals surface area contributed by atoms with Crippen LogP contribution in [0.2, 0.25) is 0 Å². The summed E-state index contributed by atoms with van der Waals surface area (Å²) in [5, 5.41) is 0. The average Bonchev–Trinajstić information content (AvgIpc) is 2.81. The zero-order valence-electron chi connectivity index (χ0n) is 20.1. The summed E-state index contributed by atoms with van der Waals surface area (Å²) >= 11 is 0. The van der Waals surface area contributed by atoms with Gasteiger partial charge < -0.3 is 4.74 Å². The van der Waals surface area contributed by atoms with Crippen LogP contribution in [-0.2, 0) is 0 Å². The number of alkyl halides is 2. The molecule has 4 rings (SSSR count). The second-order valence-electron chi connectivity index (χ2n) is 11.2. The van der Waals surface area contributed by atoms with Gasteiger partial charge in [-0.3, -0.25) is 0 Å². The van der Waals surface area contributed by atoms with Crippen LogP contribution in [-0.4, -0.2) is 6.11 Å². The Kier molecular flexibility index (Phi) is 7.95. The molecule has 0 N–H and O–H groups in total. The summed E-state index contributed by atoms with van der Waals surface area (Å²) in [6, 6.07) is 6.94. The molecule has 32 heavy (non-hydrogen) atoms. The van der Waals surface area contributed by atoms with E-state index in [1.54, 1.807) is 12.1 Å². The lowest BCUT2D eigenvalue weighted by Gasteiger charge is -2.39. The van der Waals surface area contributed by atoms with Gasteiger partial charge in [-0.2, -0.15) is 8.78 Å². The van der Waals surface area contributed by atoms with Crippen molar-refractivity contribution in [3.63, 3.8) is 0 Å². The van der Waals surface area contributed by atoms with Gasteiger partial charge in [0.2, 0.25) is 0 Å². The van der Waals surface area contributed by atoms with E-state index in [9.17, 15) is 8.78 Å². The fourth-order valence-electron chi connectivity index (χ4n) is 6.37. The average molecular weight is 445 g/mol. The minimum atomic E-state index is -3.07. The lowest BCUT2D eigenvalue weighted by atomic mass is 9.69. The van der Waals surface area contributed by atoms with E-state index in [0.29, 0.717) is 18.8 Å². The summed E-state index contributed by atoms with van der Waals surface area (Å²) in [5.41, 5.74) is 1.05. The number of hydrogen-bond donors (Lipinski definition) is 0. The van der Waals surface area contributed by atoms with Crippen molar-refractivity contribution in [3.8, 4) is 5.75 Å². The van der Waals surface area contributed by atoms with Crippen LogP contribution < -0.4 is 4.74 Å². The molecule has 178 valence electrons. The Balaban J connectivity index is 1.19. The molecule has 0 radical (unpaired) electrons. The molecular formula is C29H42F2O. The highest BCUT2D eigenvalue weighted by Gasteiger charge is 2.45. The Hall–Kier alpha value is -1.38. The maximum Gasteiger partial charge on any atom is 0.400 e. The van der Waals surface area contributed by atoms with E-state index in [4.69, 9.17) is 4.74 Å². The predicted octanol–water partition coefficient (Wildman–Crippen LogP) is 8.96. The van der Waals surface area contributed by atoms with Gasteiger partial charge in [0.05, 0.1) is 5.92 Å². The number of aryl methyl sites for hydroxylation is 1. The van der Waals surface area contributed by atoms with Crippen LogP contribution in [0.3, 0.4) is 0 Å². The maximum absolute atomic E-state index is 14.7. The highest BCUT2D eigenvalue weighted by Crippen LogP contribution is 2.45. The number of hydrogen-bond acceptors (Lipinski definition) is 1. The Morgan fingerprint density at radius 1 is 0.719 bits per heavy atom. The first-order chi connectivity index (χ1) is 15.4. The molecule has 3 heteroatoms. The number of halogens is 2. The van der Waals surface area contributed by atoms with Crippen LogP contribution >= 0.6 is 0 Å². The topological polar surface area (TPSA) is 9.23 Å². The number of allylic oxidation sites excluding steroid dienone is 2. The van der Waals surface area contributed by atoms with Crippen molar-refractivity contribution in [1.29, 1.82) is 0 Å². The minimum Gasteiger partial charge on any atom is -0.432 e. The molecule has 0 spiro atoms. The molecule has 3 fully saturated rings.